The van der Waals surface area contributed by atoms with Gasteiger partial charge in [0.1, 0.15) is 5.82 Å². The van der Waals surface area contributed by atoms with Crippen molar-refractivity contribution in [1.82, 2.24) is 5.32 Å². The topological polar surface area (TPSA) is 35.5 Å². The Kier molecular flexibility index (Phi) is 6.05. The Balaban J connectivity index is 1.71. The largest absolute Gasteiger partial charge is 0.394 e. The number of nitrogens with one attached hydrogen (secondary N) is 1. The van der Waals surface area contributed by atoms with E-state index in [1.165, 1.54) is 6.42 Å². The van der Waals surface area contributed by atoms with Gasteiger partial charge in [-0.3, -0.25) is 0 Å². The van der Waals surface area contributed by atoms with Crippen LogP contribution in [0.15, 0.2) is 48.5 Å². The SMILES string of the molecule is CC(NC(CO)c1ccccc1)c1ccc(N2CCCCC2)c(F)c1. The molecule has 0 spiro atoms. The van der Waals surface area contributed by atoms with Gasteiger partial charge in [-0.25, -0.2) is 4.39 Å². The summed E-state index contributed by atoms with van der Waals surface area (Å²) in [4.78, 5) is 2.14. The average Bonchev–Trinajstić information content (AvgIpc) is 2.67. The average molecular weight is 342 g/mol. The monoisotopic (exact) mass is 342 g/mol. The molecular formula is C21H27FN2O. The summed E-state index contributed by atoms with van der Waals surface area (Å²) in [5, 5.41) is 13.1. The number of benzene rings is 2. The van der Waals surface area contributed by atoms with Crippen molar-refractivity contribution >= 4 is 5.69 Å². The maximum atomic E-state index is 14.6. The number of hydrogen-bond acceptors (Lipinski definition) is 3. The number of aliphatic hydroxyl groups is 1. The lowest BCUT2D eigenvalue weighted by atomic mass is 10.0. The summed E-state index contributed by atoms with van der Waals surface area (Å²) in [6.45, 7) is 3.87. The van der Waals surface area contributed by atoms with Gasteiger partial charge in [0, 0.05) is 19.1 Å². The fourth-order valence-electron chi connectivity index (χ4n) is 3.52. The Morgan fingerprint density at radius 1 is 1.04 bits per heavy atom. The molecule has 4 heteroatoms. The van der Waals surface area contributed by atoms with Crippen molar-refractivity contribution in [3.05, 3.63) is 65.5 Å². The van der Waals surface area contributed by atoms with Gasteiger partial charge in [0.05, 0.1) is 18.3 Å². The predicted molar refractivity (Wildman–Crippen MR) is 100 cm³/mol. The van der Waals surface area contributed by atoms with E-state index in [4.69, 9.17) is 0 Å². The number of hydrogen-bond donors (Lipinski definition) is 2. The van der Waals surface area contributed by atoms with E-state index in [2.05, 4.69) is 10.2 Å². The molecular weight excluding hydrogens is 315 g/mol. The van der Waals surface area contributed by atoms with Crippen LogP contribution < -0.4 is 10.2 Å². The Bertz CT molecular complexity index is 671. The molecule has 2 aromatic carbocycles. The molecule has 1 aliphatic heterocycles. The van der Waals surface area contributed by atoms with Gasteiger partial charge >= 0.3 is 0 Å². The minimum Gasteiger partial charge on any atom is -0.394 e. The van der Waals surface area contributed by atoms with Crippen LogP contribution in [0.25, 0.3) is 0 Å². The molecule has 25 heavy (non-hydrogen) atoms. The lowest BCUT2D eigenvalue weighted by Gasteiger charge is -2.29. The molecule has 0 radical (unpaired) electrons. The highest BCUT2D eigenvalue weighted by atomic mass is 19.1. The molecule has 2 N–H and O–H groups in total. The van der Waals surface area contributed by atoms with Crippen LogP contribution in [-0.2, 0) is 0 Å². The molecule has 0 amide bonds. The van der Waals surface area contributed by atoms with E-state index in [1.807, 2.05) is 49.4 Å². The normalized spacial score (nSPS) is 17.3. The fraction of sp³-hybridized carbons (Fsp3) is 0.429. The number of aliphatic hydroxyl groups excluding tert-OH is 1. The first-order chi connectivity index (χ1) is 12.2. The molecule has 3 nitrogen and oxygen atoms in total. The third-order valence-electron chi connectivity index (χ3n) is 5.00. The van der Waals surface area contributed by atoms with E-state index >= 15 is 0 Å². The standard InChI is InChI=1S/C21H27FN2O/c1-16(23-20(15-25)17-8-4-2-5-9-17)18-10-11-21(19(22)14-18)24-12-6-3-7-13-24/h2,4-5,8-11,14,16,20,23,25H,3,6-7,12-13,15H2,1H3. The maximum absolute atomic E-state index is 14.6. The van der Waals surface area contributed by atoms with Gasteiger partial charge in [0.2, 0.25) is 0 Å². The van der Waals surface area contributed by atoms with Gasteiger partial charge < -0.3 is 15.3 Å². The first-order valence-corrected chi connectivity index (χ1v) is 9.15. The third-order valence-corrected chi connectivity index (χ3v) is 5.00. The van der Waals surface area contributed by atoms with Crippen LogP contribution in [0.2, 0.25) is 0 Å². The molecule has 3 rings (SSSR count). The van der Waals surface area contributed by atoms with Crippen LogP contribution in [0.5, 0.6) is 0 Å². The molecule has 0 saturated carbocycles. The summed E-state index contributed by atoms with van der Waals surface area (Å²) in [5.74, 6) is -0.159. The van der Waals surface area contributed by atoms with Crippen LogP contribution in [0.3, 0.4) is 0 Å². The molecule has 1 fully saturated rings. The van der Waals surface area contributed by atoms with Crippen molar-refractivity contribution in [1.29, 1.82) is 0 Å². The summed E-state index contributed by atoms with van der Waals surface area (Å²) in [5.41, 5.74) is 2.63. The smallest absolute Gasteiger partial charge is 0.146 e. The van der Waals surface area contributed by atoms with E-state index < -0.39 is 0 Å². The Morgan fingerprint density at radius 2 is 1.76 bits per heavy atom. The minimum atomic E-state index is -0.166. The highest BCUT2D eigenvalue weighted by Crippen LogP contribution is 2.27. The van der Waals surface area contributed by atoms with Crippen molar-refractivity contribution in [3.63, 3.8) is 0 Å². The Labute approximate surface area is 149 Å². The van der Waals surface area contributed by atoms with Gasteiger partial charge in [0.15, 0.2) is 0 Å². The minimum absolute atomic E-state index is 0.00268. The zero-order valence-corrected chi connectivity index (χ0v) is 14.8. The second kappa shape index (κ2) is 8.45. The van der Waals surface area contributed by atoms with Gasteiger partial charge in [-0.05, 0) is 49.4 Å². The zero-order valence-electron chi connectivity index (χ0n) is 14.8. The molecule has 2 aromatic rings. The van der Waals surface area contributed by atoms with Crippen molar-refractivity contribution in [2.24, 2.45) is 0 Å². The highest BCUT2D eigenvalue weighted by molar-refractivity contribution is 5.50. The van der Waals surface area contributed by atoms with Gasteiger partial charge in [-0.2, -0.15) is 0 Å². The molecule has 1 aliphatic rings. The molecule has 1 heterocycles. The van der Waals surface area contributed by atoms with E-state index in [0.29, 0.717) is 5.69 Å². The van der Waals surface area contributed by atoms with Crippen LogP contribution in [0.1, 0.15) is 49.4 Å². The molecule has 134 valence electrons. The molecule has 0 aliphatic carbocycles. The number of piperidine rings is 1. The highest BCUT2D eigenvalue weighted by Gasteiger charge is 2.18. The van der Waals surface area contributed by atoms with Crippen LogP contribution >= 0.6 is 0 Å². The van der Waals surface area contributed by atoms with Crippen molar-refractivity contribution in [3.8, 4) is 0 Å². The van der Waals surface area contributed by atoms with Gasteiger partial charge in [0.25, 0.3) is 0 Å². The summed E-state index contributed by atoms with van der Waals surface area (Å²) < 4.78 is 14.6. The number of nitrogens with zero attached hydrogens (tertiary/aromatic N) is 1. The third kappa shape index (κ3) is 4.39. The number of anilines is 1. The summed E-state index contributed by atoms with van der Waals surface area (Å²) >= 11 is 0. The first kappa shape index (κ1) is 17.9. The summed E-state index contributed by atoms with van der Waals surface area (Å²) in [6, 6.07) is 15.1. The Morgan fingerprint density at radius 3 is 2.40 bits per heavy atom. The lowest BCUT2D eigenvalue weighted by molar-refractivity contribution is 0.235. The lowest BCUT2D eigenvalue weighted by Crippen LogP contribution is -2.30. The second-order valence-electron chi connectivity index (χ2n) is 6.79. The molecule has 2 unspecified atom stereocenters. The quantitative estimate of drug-likeness (QED) is 0.826. The number of halogens is 1. The maximum Gasteiger partial charge on any atom is 0.146 e. The van der Waals surface area contributed by atoms with E-state index in [9.17, 15) is 9.50 Å². The molecule has 0 bridgehead atoms. The zero-order chi connectivity index (χ0) is 17.6. The van der Waals surface area contributed by atoms with Crippen LogP contribution in [0.4, 0.5) is 10.1 Å². The van der Waals surface area contributed by atoms with Crippen LogP contribution in [0, 0.1) is 5.82 Å². The molecule has 2 atom stereocenters. The summed E-state index contributed by atoms with van der Waals surface area (Å²) in [7, 11) is 0. The summed E-state index contributed by atoms with van der Waals surface area (Å²) in [6.07, 6.45) is 3.50. The van der Waals surface area contributed by atoms with Gasteiger partial charge in [-0.1, -0.05) is 36.4 Å². The fourth-order valence-corrected chi connectivity index (χ4v) is 3.52. The second-order valence-corrected chi connectivity index (χ2v) is 6.79. The van der Waals surface area contributed by atoms with E-state index in [0.717, 1.165) is 37.1 Å². The van der Waals surface area contributed by atoms with E-state index in [1.54, 1.807) is 6.07 Å². The number of rotatable bonds is 6. The molecule has 0 aromatic heterocycles. The first-order valence-electron chi connectivity index (χ1n) is 9.15. The van der Waals surface area contributed by atoms with Gasteiger partial charge in [-0.15, -0.1) is 0 Å². The predicted octanol–water partition coefficient (Wildman–Crippen LogP) is 4.20. The van der Waals surface area contributed by atoms with Crippen molar-refractivity contribution in [2.75, 3.05) is 24.6 Å². The molecule has 1 saturated heterocycles. The van der Waals surface area contributed by atoms with E-state index in [-0.39, 0.29) is 24.5 Å². The Hall–Kier alpha value is -1.91. The van der Waals surface area contributed by atoms with Crippen molar-refractivity contribution < 1.29 is 9.50 Å². The van der Waals surface area contributed by atoms with Crippen molar-refractivity contribution in [2.45, 2.75) is 38.3 Å². The van der Waals surface area contributed by atoms with Crippen LogP contribution in [-0.4, -0.2) is 24.8 Å².